The summed E-state index contributed by atoms with van der Waals surface area (Å²) >= 11 is 0. The fourth-order valence-corrected chi connectivity index (χ4v) is 2.09. The van der Waals surface area contributed by atoms with Gasteiger partial charge in [0.25, 0.3) is 0 Å². The summed E-state index contributed by atoms with van der Waals surface area (Å²) < 4.78 is 11.1. The molecule has 0 amide bonds. The van der Waals surface area contributed by atoms with Gasteiger partial charge in [-0.2, -0.15) is 0 Å². The molecule has 0 saturated carbocycles. The number of rotatable bonds is 3. The summed E-state index contributed by atoms with van der Waals surface area (Å²) in [6.07, 6.45) is 1.74. The highest BCUT2D eigenvalue weighted by atomic mass is 16.5. The minimum absolute atomic E-state index is 0.0540. The van der Waals surface area contributed by atoms with E-state index in [1.165, 1.54) is 0 Å². The second-order valence-corrected chi connectivity index (χ2v) is 4.94. The van der Waals surface area contributed by atoms with Gasteiger partial charge in [-0.25, -0.2) is 0 Å². The molecular weight excluding hydrogens is 204 g/mol. The van der Waals surface area contributed by atoms with Crippen LogP contribution in [-0.4, -0.2) is 30.2 Å². The second kappa shape index (κ2) is 4.57. The normalized spacial score (nSPS) is 21.2. The van der Waals surface area contributed by atoms with Crippen LogP contribution < -0.4 is 5.73 Å². The Labute approximate surface area is 96.4 Å². The van der Waals surface area contributed by atoms with Gasteiger partial charge in [0.15, 0.2) is 0 Å². The monoisotopic (exact) mass is 224 g/mol. The van der Waals surface area contributed by atoms with Gasteiger partial charge in [0.05, 0.1) is 25.0 Å². The Morgan fingerprint density at radius 2 is 2.31 bits per heavy atom. The second-order valence-electron chi connectivity index (χ2n) is 4.94. The molecule has 1 fully saturated rings. The molecule has 0 radical (unpaired) electrons. The number of hydrogen-bond donors (Lipinski definition) is 1. The molecule has 16 heavy (non-hydrogen) atoms. The Morgan fingerprint density at radius 3 is 2.94 bits per heavy atom. The molecule has 0 spiro atoms. The summed E-state index contributed by atoms with van der Waals surface area (Å²) in [6, 6.07) is 2.03. The Morgan fingerprint density at radius 1 is 1.50 bits per heavy atom. The van der Waals surface area contributed by atoms with Crippen LogP contribution in [0.15, 0.2) is 16.7 Å². The first kappa shape index (κ1) is 11.6. The Bertz CT molecular complexity index is 347. The van der Waals surface area contributed by atoms with Gasteiger partial charge in [-0.3, -0.25) is 4.90 Å². The number of furan rings is 1. The average Bonchev–Trinajstić information content (AvgIpc) is 2.64. The van der Waals surface area contributed by atoms with Crippen molar-refractivity contribution in [1.29, 1.82) is 0 Å². The molecular formula is C12H20N2O2. The van der Waals surface area contributed by atoms with Crippen LogP contribution in [0.5, 0.6) is 0 Å². The number of morpholine rings is 1. The van der Waals surface area contributed by atoms with Gasteiger partial charge >= 0.3 is 0 Å². The van der Waals surface area contributed by atoms with Gasteiger partial charge in [-0.15, -0.1) is 0 Å². The zero-order valence-electron chi connectivity index (χ0n) is 10.0. The van der Waals surface area contributed by atoms with Crippen molar-refractivity contribution in [3.05, 3.63) is 23.7 Å². The van der Waals surface area contributed by atoms with E-state index in [4.69, 9.17) is 14.9 Å². The number of nitrogens with two attached hydrogens (primary N) is 1. The fraction of sp³-hybridized carbons (Fsp3) is 0.667. The molecule has 0 aromatic carbocycles. The van der Waals surface area contributed by atoms with Crippen LogP contribution in [0.25, 0.3) is 0 Å². The van der Waals surface area contributed by atoms with Gasteiger partial charge in [-0.1, -0.05) is 0 Å². The van der Waals surface area contributed by atoms with E-state index in [0.29, 0.717) is 6.54 Å². The molecule has 90 valence electrons. The Hall–Kier alpha value is -0.840. The zero-order chi connectivity index (χ0) is 11.6. The molecule has 1 aliphatic rings. The van der Waals surface area contributed by atoms with E-state index in [0.717, 1.165) is 37.6 Å². The van der Waals surface area contributed by atoms with Crippen molar-refractivity contribution >= 4 is 0 Å². The molecule has 0 bridgehead atoms. The summed E-state index contributed by atoms with van der Waals surface area (Å²) in [7, 11) is 0. The van der Waals surface area contributed by atoms with Crippen LogP contribution in [0.1, 0.15) is 25.2 Å². The molecule has 1 aromatic rings. The van der Waals surface area contributed by atoms with Gasteiger partial charge in [-0.05, 0) is 19.9 Å². The summed E-state index contributed by atoms with van der Waals surface area (Å²) in [6.45, 7) is 8.30. The quantitative estimate of drug-likeness (QED) is 0.842. The minimum Gasteiger partial charge on any atom is -0.468 e. The maximum absolute atomic E-state index is 5.67. The number of nitrogens with zero attached hydrogens (tertiary/aromatic N) is 1. The van der Waals surface area contributed by atoms with Crippen LogP contribution in [0.3, 0.4) is 0 Å². The first-order valence-corrected chi connectivity index (χ1v) is 5.72. The van der Waals surface area contributed by atoms with Gasteiger partial charge in [0.2, 0.25) is 0 Å². The molecule has 4 heteroatoms. The third-order valence-corrected chi connectivity index (χ3v) is 2.83. The molecule has 2 N–H and O–H groups in total. The summed E-state index contributed by atoms with van der Waals surface area (Å²) in [4.78, 5) is 2.35. The summed E-state index contributed by atoms with van der Waals surface area (Å²) in [5.41, 5.74) is 6.55. The largest absolute Gasteiger partial charge is 0.468 e. The first-order chi connectivity index (χ1) is 7.59. The topological polar surface area (TPSA) is 51.6 Å². The molecule has 1 aliphatic heterocycles. The highest BCUT2D eigenvalue weighted by Gasteiger charge is 2.27. The zero-order valence-corrected chi connectivity index (χ0v) is 10.0. The lowest BCUT2D eigenvalue weighted by atomic mass is 10.1. The van der Waals surface area contributed by atoms with E-state index >= 15 is 0 Å². The molecule has 4 nitrogen and oxygen atoms in total. The van der Waals surface area contributed by atoms with Crippen LogP contribution in [0.2, 0.25) is 0 Å². The molecule has 1 saturated heterocycles. The van der Waals surface area contributed by atoms with Crippen molar-refractivity contribution in [3.63, 3.8) is 0 Å². The predicted octanol–water partition coefficient (Wildman–Crippen LogP) is 1.35. The van der Waals surface area contributed by atoms with E-state index in [1.807, 2.05) is 6.07 Å². The lowest BCUT2D eigenvalue weighted by molar-refractivity contribution is -0.0894. The van der Waals surface area contributed by atoms with Crippen LogP contribution in [0.4, 0.5) is 0 Å². The number of hydrogen-bond acceptors (Lipinski definition) is 4. The Kier molecular flexibility index (Phi) is 3.33. The highest BCUT2D eigenvalue weighted by molar-refractivity contribution is 5.12. The van der Waals surface area contributed by atoms with E-state index in [1.54, 1.807) is 6.26 Å². The van der Waals surface area contributed by atoms with Crippen molar-refractivity contribution in [2.45, 2.75) is 32.5 Å². The van der Waals surface area contributed by atoms with Crippen LogP contribution >= 0.6 is 0 Å². The van der Waals surface area contributed by atoms with E-state index < -0.39 is 0 Å². The lowest BCUT2D eigenvalue weighted by Crippen LogP contribution is -2.47. The average molecular weight is 224 g/mol. The SMILES string of the molecule is CC1(C)CN(Cc2cc(CN)co2)CCO1. The molecule has 0 aliphatic carbocycles. The third-order valence-electron chi connectivity index (χ3n) is 2.83. The van der Waals surface area contributed by atoms with Gasteiger partial charge < -0.3 is 14.9 Å². The molecule has 0 unspecified atom stereocenters. The van der Waals surface area contributed by atoms with Crippen LogP contribution in [0, 0.1) is 0 Å². The summed E-state index contributed by atoms with van der Waals surface area (Å²) in [5.74, 6) is 0.984. The molecule has 1 aromatic heterocycles. The predicted molar refractivity (Wildman–Crippen MR) is 61.9 cm³/mol. The van der Waals surface area contributed by atoms with Crippen molar-refractivity contribution < 1.29 is 9.15 Å². The minimum atomic E-state index is -0.0540. The van der Waals surface area contributed by atoms with E-state index in [2.05, 4.69) is 18.7 Å². The third kappa shape index (κ3) is 2.84. The number of ether oxygens (including phenoxy) is 1. The molecule has 2 heterocycles. The highest BCUT2D eigenvalue weighted by Crippen LogP contribution is 2.19. The Balaban J connectivity index is 1.94. The fourth-order valence-electron chi connectivity index (χ4n) is 2.09. The van der Waals surface area contributed by atoms with E-state index in [-0.39, 0.29) is 5.60 Å². The summed E-state index contributed by atoms with van der Waals surface area (Å²) in [5, 5.41) is 0. The van der Waals surface area contributed by atoms with Crippen LogP contribution in [-0.2, 0) is 17.8 Å². The maximum atomic E-state index is 5.67. The smallest absolute Gasteiger partial charge is 0.118 e. The van der Waals surface area contributed by atoms with Crippen molar-refractivity contribution in [1.82, 2.24) is 4.90 Å². The van der Waals surface area contributed by atoms with Gasteiger partial charge in [0.1, 0.15) is 5.76 Å². The first-order valence-electron chi connectivity index (χ1n) is 5.72. The van der Waals surface area contributed by atoms with Gasteiger partial charge in [0, 0.05) is 25.2 Å². The van der Waals surface area contributed by atoms with Crippen molar-refractivity contribution in [3.8, 4) is 0 Å². The standard InChI is InChI=1S/C12H20N2O2/c1-12(2)9-14(3-4-16-12)7-11-5-10(6-13)8-15-11/h5,8H,3-4,6-7,9,13H2,1-2H3. The molecule has 2 rings (SSSR count). The van der Waals surface area contributed by atoms with Crippen molar-refractivity contribution in [2.75, 3.05) is 19.7 Å². The molecule has 0 atom stereocenters. The van der Waals surface area contributed by atoms with Crippen molar-refractivity contribution in [2.24, 2.45) is 5.73 Å². The lowest BCUT2D eigenvalue weighted by Gasteiger charge is -2.37. The van der Waals surface area contributed by atoms with E-state index in [9.17, 15) is 0 Å². The maximum Gasteiger partial charge on any atom is 0.118 e.